The van der Waals surface area contributed by atoms with E-state index in [4.69, 9.17) is 0 Å². The van der Waals surface area contributed by atoms with Crippen molar-refractivity contribution in [1.82, 2.24) is 15.1 Å². The maximum atomic E-state index is 12.5. The van der Waals surface area contributed by atoms with Gasteiger partial charge in [0.1, 0.15) is 0 Å². The van der Waals surface area contributed by atoms with Crippen LogP contribution in [0.15, 0.2) is 0 Å². The molecule has 132 valence electrons. The largest absolute Gasteiger partial charge is 0.355 e. The van der Waals surface area contributed by atoms with Crippen molar-refractivity contribution < 1.29 is 4.79 Å². The Kier molecular flexibility index (Phi) is 5.63. The number of piperidine rings is 1. The lowest BCUT2D eigenvalue weighted by Crippen LogP contribution is -2.46. The van der Waals surface area contributed by atoms with Gasteiger partial charge in [-0.2, -0.15) is 0 Å². The number of rotatable bonds is 4. The lowest BCUT2D eigenvalue weighted by atomic mass is 9.88. The molecule has 0 aromatic rings. The molecule has 3 aliphatic rings. The molecular formula is C19H35N3O. The van der Waals surface area contributed by atoms with E-state index in [9.17, 15) is 4.79 Å². The fourth-order valence-corrected chi connectivity index (χ4v) is 4.83. The molecule has 1 N–H and O–H groups in total. The average molecular weight is 322 g/mol. The van der Waals surface area contributed by atoms with Crippen LogP contribution in [0.3, 0.4) is 0 Å². The minimum atomic E-state index is 0.248. The van der Waals surface area contributed by atoms with Crippen LogP contribution in [0, 0.1) is 11.3 Å². The Balaban J connectivity index is 1.39. The molecule has 3 fully saturated rings. The second kappa shape index (κ2) is 7.52. The van der Waals surface area contributed by atoms with Gasteiger partial charge < -0.3 is 15.1 Å². The highest BCUT2D eigenvalue weighted by Crippen LogP contribution is 2.29. The number of carbonyl (C=O) groups is 1. The van der Waals surface area contributed by atoms with Gasteiger partial charge in [0.25, 0.3) is 0 Å². The molecule has 1 amide bonds. The summed E-state index contributed by atoms with van der Waals surface area (Å²) in [5.74, 6) is 0.557. The van der Waals surface area contributed by atoms with Gasteiger partial charge >= 0.3 is 0 Å². The van der Waals surface area contributed by atoms with Crippen LogP contribution in [0.25, 0.3) is 0 Å². The fourth-order valence-electron chi connectivity index (χ4n) is 4.83. The molecule has 4 heteroatoms. The van der Waals surface area contributed by atoms with Crippen LogP contribution in [-0.2, 0) is 4.79 Å². The number of likely N-dealkylation sites (tertiary alicyclic amines) is 2. The second-order valence-corrected chi connectivity index (χ2v) is 8.62. The van der Waals surface area contributed by atoms with Gasteiger partial charge in [-0.3, -0.25) is 4.79 Å². The normalized spacial score (nSPS) is 32.3. The van der Waals surface area contributed by atoms with Crippen LogP contribution in [0.2, 0.25) is 0 Å². The first-order valence-electron chi connectivity index (χ1n) is 9.76. The third-order valence-electron chi connectivity index (χ3n) is 6.43. The van der Waals surface area contributed by atoms with E-state index in [2.05, 4.69) is 29.1 Å². The molecule has 0 aromatic carbocycles. The van der Waals surface area contributed by atoms with Crippen LogP contribution in [0.4, 0.5) is 0 Å². The van der Waals surface area contributed by atoms with Gasteiger partial charge in [0.05, 0.1) is 0 Å². The first-order valence-corrected chi connectivity index (χ1v) is 9.76. The van der Waals surface area contributed by atoms with Crippen molar-refractivity contribution in [3.8, 4) is 0 Å². The van der Waals surface area contributed by atoms with Crippen molar-refractivity contribution in [3.63, 3.8) is 0 Å². The highest BCUT2D eigenvalue weighted by molar-refractivity contribution is 5.78. The van der Waals surface area contributed by atoms with Crippen LogP contribution in [-0.4, -0.2) is 61.5 Å². The number of hydrogen-bond donors (Lipinski definition) is 1. The zero-order valence-corrected chi connectivity index (χ0v) is 15.1. The molecule has 0 radical (unpaired) electrons. The van der Waals surface area contributed by atoms with Gasteiger partial charge in [0.15, 0.2) is 0 Å². The predicted octanol–water partition coefficient (Wildman–Crippen LogP) is 2.49. The van der Waals surface area contributed by atoms with E-state index in [0.717, 1.165) is 51.6 Å². The molecule has 1 saturated carbocycles. The van der Waals surface area contributed by atoms with E-state index in [1.807, 2.05) is 0 Å². The van der Waals surface area contributed by atoms with E-state index in [1.165, 1.54) is 38.5 Å². The Morgan fingerprint density at radius 1 is 1.09 bits per heavy atom. The molecular weight excluding hydrogens is 286 g/mol. The average Bonchev–Trinajstić information content (AvgIpc) is 2.93. The summed E-state index contributed by atoms with van der Waals surface area (Å²) in [6.45, 7) is 7.67. The van der Waals surface area contributed by atoms with Gasteiger partial charge in [-0.15, -0.1) is 0 Å². The molecule has 1 aliphatic carbocycles. The van der Waals surface area contributed by atoms with Gasteiger partial charge in [-0.1, -0.05) is 26.2 Å². The lowest BCUT2D eigenvalue weighted by Gasteiger charge is -2.39. The minimum absolute atomic E-state index is 0.248. The molecule has 1 atom stereocenters. The number of amides is 1. The molecule has 4 nitrogen and oxygen atoms in total. The maximum Gasteiger partial charge on any atom is 0.223 e. The van der Waals surface area contributed by atoms with Crippen LogP contribution in [0.5, 0.6) is 0 Å². The quantitative estimate of drug-likeness (QED) is 0.864. The van der Waals surface area contributed by atoms with E-state index < -0.39 is 0 Å². The number of carbonyl (C=O) groups excluding carboxylic acids is 1. The molecule has 0 aromatic heterocycles. The summed E-state index contributed by atoms with van der Waals surface area (Å²) in [6, 6.07) is 0.806. The zero-order chi connectivity index (χ0) is 16.3. The summed E-state index contributed by atoms with van der Waals surface area (Å²) in [7, 11) is 2.17. The minimum Gasteiger partial charge on any atom is -0.355 e. The SMILES string of the molecule is CN1CC[C@](C)(CNC(=O)C2CCN(C3CCCCC3)CC2)C1. The van der Waals surface area contributed by atoms with Crippen molar-refractivity contribution >= 4 is 5.91 Å². The lowest BCUT2D eigenvalue weighted by molar-refractivity contribution is -0.127. The zero-order valence-electron chi connectivity index (χ0n) is 15.1. The fraction of sp³-hybridized carbons (Fsp3) is 0.947. The molecule has 3 rings (SSSR count). The van der Waals surface area contributed by atoms with Gasteiger partial charge in [0, 0.05) is 25.0 Å². The molecule has 0 spiro atoms. The van der Waals surface area contributed by atoms with Crippen molar-refractivity contribution in [3.05, 3.63) is 0 Å². The van der Waals surface area contributed by atoms with E-state index in [0.29, 0.717) is 5.91 Å². The van der Waals surface area contributed by atoms with Crippen molar-refractivity contribution in [2.24, 2.45) is 11.3 Å². The van der Waals surface area contributed by atoms with Crippen molar-refractivity contribution in [2.45, 2.75) is 64.3 Å². The second-order valence-electron chi connectivity index (χ2n) is 8.62. The Morgan fingerprint density at radius 2 is 1.78 bits per heavy atom. The summed E-state index contributed by atoms with van der Waals surface area (Å²) >= 11 is 0. The number of nitrogens with one attached hydrogen (secondary N) is 1. The van der Waals surface area contributed by atoms with Gasteiger partial charge in [-0.25, -0.2) is 0 Å². The van der Waals surface area contributed by atoms with Crippen LogP contribution < -0.4 is 5.32 Å². The van der Waals surface area contributed by atoms with E-state index in [-0.39, 0.29) is 11.3 Å². The molecule has 2 heterocycles. The standard InChI is InChI=1S/C19H35N3O/c1-19(10-13-21(2)15-19)14-20-18(23)16-8-11-22(12-9-16)17-6-4-3-5-7-17/h16-17H,3-15H2,1-2H3,(H,20,23)/t19-/m1/s1. The number of nitrogens with zero attached hydrogens (tertiary/aromatic N) is 2. The highest BCUT2D eigenvalue weighted by atomic mass is 16.1. The summed E-state index contributed by atoms with van der Waals surface area (Å²) in [5, 5.41) is 3.27. The summed E-state index contributed by atoms with van der Waals surface area (Å²) in [5.41, 5.74) is 0.271. The third-order valence-corrected chi connectivity index (χ3v) is 6.43. The van der Waals surface area contributed by atoms with Crippen molar-refractivity contribution in [1.29, 1.82) is 0 Å². The predicted molar refractivity (Wildman–Crippen MR) is 94.4 cm³/mol. The molecule has 23 heavy (non-hydrogen) atoms. The van der Waals surface area contributed by atoms with E-state index >= 15 is 0 Å². The Hall–Kier alpha value is -0.610. The smallest absolute Gasteiger partial charge is 0.223 e. The summed E-state index contributed by atoms with van der Waals surface area (Å²) in [4.78, 5) is 17.6. The van der Waals surface area contributed by atoms with Crippen LogP contribution in [0.1, 0.15) is 58.3 Å². The Labute approximate surface area is 142 Å². The topological polar surface area (TPSA) is 35.6 Å². The highest BCUT2D eigenvalue weighted by Gasteiger charge is 2.34. The third kappa shape index (κ3) is 4.48. The summed E-state index contributed by atoms with van der Waals surface area (Å²) in [6.07, 6.45) is 10.3. The molecule has 2 saturated heterocycles. The monoisotopic (exact) mass is 321 g/mol. The molecule has 0 unspecified atom stereocenters. The first-order chi connectivity index (χ1) is 11.1. The molecule has 0 bridgehead atoms. The van der Waals surface area contributed by atoms with Gasteiger partial charge in [-0.05, 0) is 64.2 Å². The van der Waals surface area contributed by atoms with Crippen LogP contribution >= 0.6 is 0 Å². The number of hydrogen-bond acceptors (Lipinski definition) is 3. The van der Waals surface area contributed by atoms with E-state index in [1.54, 1.807) is 0 Å². The van der Waals surface area contributed by atoms with Crippen molar-refractivity contribution in [2.75, 3.05) is 39.8 Å². The van der Waals surface area contributed by atoms with Gasteiger partial charge in [0.2, 0.25) is 5.91 Å². The first kappa shape index (κ1) is 17.2. The Bertz CT molecular complexity index is 399. The maximum absolute atomic E-state index is 12.5. The molecule has 2 aliphatic heterocycles. The summed E-state index contributed by atoms with van der Waals surface area (Å²) < 4.78 is 0. The Morgan fingerprint density at radius 3 is 2.39 bits per heavy atom.